The second kappa shape index (κ2) is 3.19. The zero-order chi connectivity index (χ0) is 8.32. The minimum Gasteiger partial charge on any atom is -0.388 e. The number of primary amides is 1. The molecule has 11 heavy (non-hydrogen) atoms. The van der Waals surface area contributed by atoms with Gasteiger partial charge in [-0.05, 0) is 19.4 Å². The van der Waals surface area contributed by atoms with Gasteiger partial charge in [0.2, 0.25) is 5.91 Å². The molecule has 1 amide bonds. The number of carbonyl (C=O) groups excluding carboxylic acids is 1. The molecule has 0 aromatic rings. The monoisotopic (exact) mass is 158 g/mol. The summed E-state index contributed by atoms with van der Waals surface area (Å²) in [6.07, 6.45) is 1.65. The Balaban J connectivity index is 2.43. The van der Waals surface area contributed by atoms with Gasteiger partial charge in [-0.2, -0.15) is 0 Å². The maximum Gasteiger partial charge on any atom is 0.220 e. The number of hydrogen-bond donors (Lipinski definition) is 3. The van der Waals surface area contributed by atoms with Crippen LogP contribution in [0, 0.1) is 0 Å². The molecule has 1 unspecified atom stereocenters. The fourth-order valence-electron chi connectivity index (χ4n) is 1.43. The predicted molar refractivity (Wildman–Crippen MR) is 40.9 cm³/mol. The van der Waals surface area contributed by atoms with Crippen LogP contribution in [0.3, 0.4) is 0 Å². The van der Waals surface area contributed by atoms with Crippen LogP contribution >= 0.6 is 0 Å². The average Bonchev–Trinajstić information content (AvgIpc) is 1.85. The van der Waals surface area contributed by atoms with Crippen LogP contribution in [0.1, 0.15) is 19.3 Å². The van der Waals surface area contributed by atoms with Crippen LogP contribution in [-0.2, 0) is 4.79 Å². The van der Waals surface area contributed by atoms with Crippen molar-refractivity contribution in [1.29, 1.82) is 0 Å². The zero-order valence-corrected chi connectivity index (χ0v) is 6.47. The Labute approximate surface area is 65.8 Å². The Morgan fingerprint density at radius 2 is 2.45 bits per heavy atom. The summed E-state index contributed by atoms with van der Waals surface area (Å²) in [5.41, 5.74) is 4.10. The van der Waals surface area contributed by atoms with Crippen molar-refractivity contribution < 1.29 is 9.90 Å². The molecule has 1 aliphatic rings. The van der Waals surface area contributed by atoms with E-state index in [2.05, 4.69) is 5.32 Å². The summed E-state index contributed by atoms with van der Waals surface area (Å²) >= 11 is 0. The van der Waals surface area contributed by atoms with Gasteiger partial charge in [-0.3, -0.25) is 4.79 Å². The zero-order valence-electron chi connectivity index (χ0n) is 6.47. The van der Waals surface area contributed by atoms with Gasteiger partial charge in [0, 0.05) is 6.54 Å². The minimum absolute atomic E-state index is 0.0694. The quantitative estimate of drug-likeness (QED) is 0.481. The van der Waals surface area contributed by atoms with Gasteiger partial charge in [-0.1, -0.05) is 0 Å². The summed E-state index contributed by atoms with van der Waals surface area (Å²) in [6, 6.07) is 0. The van der Waals surface area contributed by atoms with Gasteiger partial charge < -0.3 is 16.2 Å². The molecule has 64 valence electrons. The van der Waals surface area contributed by atoms with E-state index in [1.807, 2.05) is 0 Å². The van der Waals surface area contributed by atoms with E-state index in [9.17, 15) is 9.90 Å². The molecule has 0 radical (unpaired) electrons. The van der Waals surface area contributed by atoms with Crippen LogP contribution < -0.4 is 11.1 Å². The normalized spacial score (nSPS) is 31.7. The van der Waals surface area contributed by atoms with Crippen LogP contribution in [0.15, 0.2) is 0 Å². The molecular weight excluding hydrogens is 144 g/mol. The van der Waals surface area contributed by atoms with Crippen LogP contribution in [-0.4, -0.2) is 29.7 Å². The second-order valence-corrected chi connectivity index (χ2v) is 3.15. The topological polar surface area (TPSA) is 75.4 Å². The van der Waals surface area contributed by atoms with Crippen LogP contribution in [0.4, 0.5) is 0 Å². The molecule has 4 heteroatoms. The van der Waals surface area contributed by atoms with E-state index in [0.717, 1.165) is 13.0 Å². The molecule has 1 aliphatic heterocycles. The third-order valence-electron chi connectivity index (χ3n) is 1.95. The van der Waals surface area contributed by atoms with Crippen molar-refractivity contribution in [2.75, 3.05) is 13.1 Å². The molecule has 1 rings (SSSR count). The molecule has 0 bridgehead atoms. The highest BCUT2D eigenvalue weighted by Gasteiger charge is 2.30. The first-order chi connectivity index (χ1) is 5.12. The standard InChI is InChI=1S/C7H14N2O2/c8-6(10)4-7(11)2-1-3-9-5-7/h9,11H,1-5H2,(H2,8,10). The van der Waals surface area contributed by atoms with Gasteiger partial charge in [-0.15, -0.1) is 0 Å². The van der Waals surface area contributed by atoms with Gasteiger partial charge in [0.1, 0.15) is 0 Å². The maximum atomic E-state index is 10.5. The smallest absolute Gasteiger partial charge is 0.220 e. The highest BCUT2D eigenvalue weighted by atomic mass is 16.3. The van der Waals surface area contributed by atoms with E-state index in [1.165, 1.54) is 0 Å². The summed E-state index contributed by atoms with van der Waals surface area (Å²) in [5.74, 6) is -0.434. The fourth-order valence-corrected chi connectivity index (χ4v) is 1.43. The van der Waals surface area contributed by atoms with Crippen LogP contribution in [0.5, 0.6) is 0 Å². The highest BCUT2D eigenvalue weighted by Crippen LogP contribution is 2.18. The number of β-amino-alcohol motifs (C(OH)–C–C–N with tert-alkyl or cyclic N) is 1. The van der Waals surface area contributed by atoms with E-state index in [0.29, 0.717) is 13.0 Å². The van der Waals surface area contributed by atoms with E-state index in [1.54, 1.807) is 0 Å². The lowest BCUT2D eigenvalue weighted by Gasteiger charge is -2.31. The van der Waals surface area contributed by atoms with Crippen molar-refractivity contribution in [3.63, 3.8) is 0 Å². The molecule has 0 aromatic carbocycles. The number of nitrogens with two attached hydrogens (primary N) is 1. The van der Waals surface area contributed by atoms with Crippen LogP contribution in [0.2, 0.25) is 0 Å². The molecule has 1 atom stereocenters. The third-order valence-corrected chi connectivity index (χ3v) is 1.95. The summed E-state index contributed by atoms with van der Waals surface area (Å²) in [4.78, 5) is 10.5. The molecular formula is C7H14N2O2. The van der Waals surface area contributed by atoms with Gasteiger partial charge in [0.25, 0.3) is 0 Å². The maximum absolute atomic E-state index is 10.5. The Bertz CT molecular complexity index is 153. The summed E-state index contributed by atoms with van der Waals surface area (Å²) in [7, 11) is 0. The number of rotatable bonds is 2. The van der Waals surface area contributed by atoms with Crippen LogP contribution in [0.25, 0.3) is 0 Å². The molecule has 4 nitrogen and oxygen atoms in total. The van der Waals surface area contributed by atoms with Crippen molar-refractivity contribution in [1.82, 2.24) is 5.32 Å². The van der Waals surface area contributed by atoms with Crippen molar-refractivity contribution >= 4 is 5.91 Å². The SMILES string of the molecule is NC(=O)CC1(O)CCCNC1. The van der Waals surface area contributed by atoms with Gasteiger partial charge in [-0.25, -0.2) is 0 Å². The highest BCUT2D eigenvalue weighted by molar-refractivity contribution is 5.74. The molecule has 1 saturated heterocycles. The molecule has 0 aliphatic carbocycles. The number of amides is 1. The van der Waals surface area contributed by atoms with Gasteiger partial charge >= 0.3 is 0 Å². The molecule has 0 saturated carbocycles. The fraction of sp³-hybridized carbons (Fsp3) is 0.857. The van der Waals surface area contributed by atoms with Crippen molar-refractivity contribution in [2.45, 2.75) is 24.9 Å². The van der Waals surface area contributed by atoms with Gasteiger partial charge in [0.15, 0.2) is 0 Å². The lowest BCUT2D eigenvalue weighted by atomic mass is 9.91. The van der Waals surface area contributed by atoms with E-state index >= 15 is 0 Å². The van der Waals surface area contributed by atoms with E-state index in [4.69, 9.17) is 5.73 Å². The number of aliphatic hydroxyl groups is 1. The molecule has 1 heterocycles. The third kappa shape index (κ3) is 2.48. The summed E-state index contributed by atoms with van der Waals surface area (Å²) in [5, 5.41) is 12.7. The Hall–Kier alpha value is -0.610. The Morgan fingerprint density at radius 1 is 1.73 bits per heavy atom. The number of piperidine rings is 1. The first-order valence-corrected chi connectivity index (χ1v) is 3.84. The average molecular weight is 158 g/mol. The Kier molecular flexibility index (Phi) is 2.46. The molecule has 0 aromatic heterocycles. The Morgan fingerprint density at radius 3 is 2.91 bits per heavy atom. The lowest BCUT2D eigenvalue weighted by Crippen LogP contribution is -2.47. The van der Waals surface area contributed by atoms with E-state index in [-0.39, 0.29) is 6.42 Å². The first kappa shape index (κ1) is 8.49. The largest absolute Gasteiger partial charge is 0.388 e. The van der Waals surface area contributed by atoms with E-state index < -0.39 is 11.5 Å². The predicted octanol–water partition coefficient (Wildman–Crippen LogP) is -1.02. The second-order valence-electron chi connectivity index (χ2n) is 3.15. The van der Waals surface area contributed by atoms with Crippen molar-refractivity contribution in [2.24, 2.45) is 5.73 Å². The number of nitrogens with one attached hydrogen (secondary N) is 1. The summed E-state index contributed by atoms with van der Waals surface area (Å²) < 4.78 is 0. The minimum atomic E-state index is -0.885. The number of carbonyl (C=O) groups is 1. The van der Waals surface area contributed by atoms with Crippen molar-refractivity contribution in [3.05, 3.63) is 0 Å². The number of hydrogen-bond acceptors (Lipinski definition) is 3. The lowest BCUT2D eigenvalue weighted by molar-refractivity contribution is -0.123. The first-order valence-electron chi connectivity index (χ1n) is 3.84. The van der Waals surface area contributed by atoms with Crippen molar-refractivity contribution in [3.8, 4) is 0 Å². The summed E-state index contributed by atoms with van der Waals surface area (Å²) in [6.45, 7) is 1.40. The molecule has 0 spiro atoms. The molecule has 1 fully saturated rings. The molecule has 4 N–H and O–H groups in total. The van der Waals surface area contributed by atoms with Gasteiger partial charge in [0.05, 0.1) is 12.0 Å².